The molecule has 0 radical (unpaired) electrons. The fraction of sp³-hybridized carbons (Fsp3) is 0.500. The van der Waals surface area contributed by atoms with Gasteiger partial charge in [-0.3, -0.25) is 4.79 Å². The van der Waals surface area contributed by atoms with E-state index in [4.69, 9.17) is 0 Å². The van der Waals surface area contributed by atoms with Gasteiger partial charge in [0.05, 0.1) is 5.56 Å². The van der Waals surface area contributed by atoms with Crippen LogP contribution < -0.4 is 0 Å². The van der Waals surface area contributed by atoms with Gasteiger partial charge in [-0.15, -0.1) is 0 Å². The highest BCUT2D eigenvalue weighted by Crippen LogP contribution is 2.36. The Hall–Kier alpha value is -1.77. The third-order valence-corrected chi connectivity index (χ3v) is 5.32. The van der Waals surface area contributed by atoms with Crippen LogP contribution in [0.25, 0.3) is 10.9 Å². The summed E-state index contributed by atoms with van der Waals surface area (Å²) in [5, 5.41) is 1.06. The number of amides is 1. The number of aromatic amines is 1. The normalized spacial score (nSPS) is 25.8. The topological polar surface area (TPSA) is 36.1 Å². The van der Waals surface area contributed by atoms with Crippen LogP contribution in [0.1, 0.15) is 48.9 Å². The summed E-state index contributed by atoms with van der Waals surface area (Å²) in [6.45, 7) is 0.930. The molecule has 2 aromatic rings. The first kappa shape index (κ1) is 12.9. The van der Waals surface area contributed by atoms with Gasteiger partial charge in [0.15, 0.2) is 0 Å². The molecule has 1 aromatic carbocycles. The molecule has 2 heterocycles. The largest absolute Gasteiger partial charge is 0.360 e. The van der Waals surface area contributed by atoms with Crippen LogP contribution in [0.5, 0.6) is 0 Å². The molecule has 1 aliphatic carbocycles. The summed E-state index contributed by atoms with van der Waals surface area (Å²) in [6.07, 6.45) is 9.48. The lowest BCUT2D eigenvalue weighted by Gasteiger charge is -2.44. The van der Waals surface area contributed by atoms with Crippen molar-refractivity contribution in [2.45, 2.75) is 44.6 Å². The molecule has 0 bridgehead atoms. The van der Waals surface area contributed by atoms with Crippen molar-refractivity contribution >= 4 is 16.8 Å². The molecule has 2 fully saturated rings. The van der Waals surface area contributed by atoms with Crippen molar-refractivity contribution in [3.63, 3.8) is 0 Å². The Morgan fingerprint density at radius 3 is 2.86 bits per heavy atom. The Labute approximate surface area is 125 Å². The van der Waals surface area contributed by atoms with E-state index in [2.05, 4.69) is 9.88 Å². The van der Waals surface area contributed by atoms with Crippen LogP contribution in [0.2, 0.25) is 0 Å². The van der Waals surface area contributed by atoms with Crippen molar-refractivity contribution < 1.29 is 4.79 Å². The van der Waals surface area contributed by atoms with Gasteiger partial charge in [-0.05, 0) is 37.7 Å². The Balaban J connectivity index is 1.67. The van der Waals surface area contributed by atoms with Crippen LogP contribution in [-0.4, -0.2) is 28.4 Å². The second-order valence-electron chi connectivity index (χ2n) is 6.50. The molecule has 110 valence electrons. The van der Waals surface area contributed by atoms with Crippen molar-refractivity contribution in [3.05, 3.63) is 36.0 Å². The van der Waals surface area contributed by atoms with E-state index in [9.17, 15) is 4.79 Å². The highest BCUT2D eigenvalue weighted by molar-refractivity contribution is 6.06. The Kier molecular flexibility index (Phi) is 3.21. The average molecular weight is 282 g/mol. The maximum absolute atomic E-state index is 13.0. The van der Waals surface area contributed by atoms with Crippen molar-refractivity contribution in [2.24, 2.45) is 5.92 Å². The number of hydrogen-bond acceptors (Lipinski definition) is 1. The lowest BCUT2D eigenvalue weighted by Crippen LogP contribution is -2.49. The molecule has 1 aliphatic heterocycles. The van der Waals surface area contributed by atoms with Crippen molar-refractivity contribution in [2.75, 3.05) is 6.54 Å². The van der Waals surface area contributed by atoms with Crippen LogP contribution in [0, 0.1) is 5.92 Å². The third-order valence-electron chi connectivity index (χ3n) is 5.32. The minimum absolute atomic E-state index is 0.226. The van der Waals surface area contributed by atoms with Gasteiger partial charge in [0.1, 0.15) is 0 Å². The molecular weight excluding hydrogens is 260 g/mol. The fourth-order valence-electron chi connectivity index (χ4n) is 4.28. The van der Waals surface area contributed by atoms with Crippen molar-refractivity contribution in [1.29, 1.82) is 0 Å². The van der Waals surface area contributed by atoms with E-state index < -0.39 is 0 Å². The number of carbonyl (C=O) groups excluding carboxylic acids is 1. The Bertz CT molecular complexity index is 658. The molecule has 3 nitrogen and oxygen atoms in total. The first-order valence-corrected chi connectivity index (χ1v) is 8.21. The van der Waals surface area contributed by atoms with Crippen LogP contribution in [0.4, 0.5) is 0 Å². The van der Waals surface area contributed by atoms with Gasteiger partial charge in [0.2, 0.25) is 0 Å². The molecule has 0 unspecified atom stereocenters. The monoisotopic (exact) mass is 282 g/mol. The maximum Gasteiger partial charge on any atom is 0.256 e. The van der Waals surface area contributed by atoms with Gasteiger partial charge in [-0.2, -0.15) is 0 Å². The lowest BCUT2D eigenvalue weighted by atomic mass is 9.78. The predicted molar refractivity (Wildman–Crippen MR) is 84.3 cm³/mol. The molecule has 4 rings (SSSR count). The Morgan fingerprint density at radius 2 is 1.90 bits per heavy atom. The number of para-hydroxylation sites is 1. The molecule has 1 amide bonds. The van der Waals surface area contributed by atoms with E-state index in [0.717, 1.165) is 35.3 Å². The zero-order valence-electron chi connectivity index (χ0n) is 12.3. The molecule has 2 aliphatic rings. The van der Waals surface area contributed by atoms with Crippen molar-refractivity contribution in [1.82, 2.24) is 9.88 Å². The molecule has 3 heteroatoms. The predicted octanol–water partition coefficient (Wildman–Crippen LogP) is 3.96. The summed E-state index contributed by atoms with van der Waals surface area (Å²) in [5.41, 5.74) is 1.90. The number of H-pyrrole nitrogens is 1. The Morgan fingerprint density at radius 1 is 1.10 bits per heavy atom. The van der Waals surface area contributed by atoms with Gasteiger partial charge in [-0.1, -0.05) is 31.0 Å². The quantitative estimate of drug-likeness (QED) is 0.844. The van der Waals surface area contributed by atoms with Gasteiger partial charge in [-0.25, -0.2) is 0 Å². The van der Waals surface area contributed by atoms with Crippen LogP contribution >= 0.6 is 0 Å². The van der Waals surface area contributed by atoms with Crippen molar-refractivity contribution in [3.8, 4) is 0 Å². The second kappa shape index (κ2) is 5.21. The minimum Gasteiger partial charge on any atom is -0.360 e. The summed E-state index contributed by atoms with van der Waals surface area (Å²) in [5.74, 6) is 0.964. The number of nitrogens with zero attached hydrogens (tertiary/aromatic N) is 1. The molecule has 1 N–H and O–H groups in total. The molecule has 2 atom stereocenters. The standard InChI is InChI=1S/C18H22N2O/c21-18(15-12-19-16-9-3-2-8-14(15)16)20-11-5-7-13-6-1-4-10-17(13)20/h2-3,8-9,12-13,17,19H,1,4-7,10-11H2/t13-,17-/m1/s1. The van der Waals surface area contributed by atoms with Gasteiger partial charge in [0, 0.05) is 29.7 Å². The average Bonchev–Trinajstić information content (AvgIpc) is 2.98. The molecular formula is C18H22N2O. The number of piperidine rings is 1. The number of likely N-dealkylation sites (tertiary alicyclic amines) is 1. The van der Waals surface area contributed by atoms with E-state index in [0.29, 0.717) is 6.04 Å². The minimum atomic E-state index is 0.226. The van der Waals surface area contributed by atoms with Crippen LogP contribution in [0.3, 0.4) is 0 Å². The van der Waals surface area contributed by atoms with Gasteiger partial charge in [0.25, 0.3) is 5.91 Å². The zero-order chi connectivity index (χ0) is 14.2. The number of fused-ring (bicyclic) bond motifs is 2. The molecule has 0 spiro atoms. The van der Waals surface area contributed by atoms with Gasteiger partial charge >= 0.3 is 0 Å². The SMILES string of the molecule is O=C(c1c[nH]c2ccccc12)N1CCC[C@H]2CCCC[C@H]21. The summed E-state index contributed by atoms with van der Waals surface area (Å²) in [4.78, 5) is 18.4. The number of aromatic nitrogens is 1. The number of hydrogen-bond donors (Lipinski definition) is 1. The third kappa shape index (κ3) is 2.15. The first-order valence-electron chi connectivity index (χ1n) is 8.21. The van der Waals surface area contributed by atoms with E-state index in [1.165, 1.54) is 32.1 Å². The summed E-state index contributed by atoms with van der Waals surface area (Å²) in [6, 6.07) is 8.57. The molecule has 1 saturated heterocycles. The summed E-state index contributed by atoms with van der Waals surface area (Å²) >= 11 is 0. The number of rotatable bonds is 1. The lowest BCUT2D eigenvalue weighted by molar-refractivity contribution is 0.0392. The van der Waals surface area contributed by atoms with E-state index >= 15 is 0 Å². The maximum atomic E-state index is 13.0. The van der Waals surface area contributed by atoms with E-state index in [-0.39, 0.29) is 5.91 Å². The summed E-state index contributed by atoms with van der Waals surface area (Å²) in [7, 11) is 0. The highest BCUT2D eigenvalue weighted by atomic mass is 16.2. The molecule has 1 aromatic heterocycles. The van der Waals surface area contributed by atoms with E-state index in [1.54, 1.807) is 0 Å². The molecule has 1 saturated carbocycles. The van der Waals surface area contributed by atoms with E-state index in [1.807, 2.05) is 30.5 Å². The van der Waals surface area contributed by atoms with Crippen LogP contribution in [-0.2, 0) is 0 Å². The number of carbonyl (C=O) groups is 1. The fourth-order valence-corrected chi connectivity index (χ4v) is 4.28. The summed E-state index contributed by atoms with van der Waals surface area (Å²) < 4.78 is 0. The molecule has 21 heavy (non-hydrogen) atoms. The zero-order valence-corrected chi connectivity index (χ0v) is 12.3. The highest BCUT2D eigenvalue weighted by Gasteiger charge is 2.36. The first-order chi connectivity index (χ1) is 10.3. The number of nitrogens with one attached hydrogen (secondary N) is 1. The van der Waals surface area contributed by atoms with Crippen LogP contribution in [0.15, 0.2) is 30.5 Å². The number of benzene rings is 1. The van der Waals surface area contributed by atoms with Gasteiger partial charge < -0.3 is 9.88 Å². The smallest absolute Gasteiger partial charge is 0.256 e. The second-order valence-corrected chi connectivity index (χ2v) is 6.50.